The molecule has 0 aliphatic rings. The van der Waals surface area contributed by atoms with Crippen LogP contribution in [0, 0.1) is 16.7 Å². The predicted molar refractivity (Wildman–Crippen MR) is 88.8 cm³/mol. The Balaban J connectivity index is 1.96. The van der Waals surface area contributed by atoms with Crippen molar-refractivity contribution in [2.24, 2.45) is 5.41 Å². The minimum Gasteiger partial charge on any atom is -0.302 e. The second-order valence-corrected chi connectivity index (χ2v) is 7.52. The third kappa shape index (κ3) is 4.97. The van der Waals surface area contributed by atoms with Gasteiger partial charge >= 0.3 is 0 Å². The van der Waals surface area contributed by atoms with E-state index in [0.717, 1.165) is 16.9 Å². The van der Waals surface area contributed by atoms with E-state index in [9.17, 15) is 4.79 Å². The topological polar surface area (TPSA) is 65.8 Å². The zero-order valence-electron chi connectivity index (χ0n) is 13.0. The van der Waals surface area contributed by atoms with Crippen LogP contribution in [0.25, 0.3) is 0 Å². The minimum atomic E-state index is -0.0351. The Morgan fingerprint density at radius 2 is 2.00 bits per heavy atom. The van der Waals surface area contributed by atoms with Crippen LogP contribution in [0.15, 0.2) is 30.5 Å². The Hall–Kier alpha value is -2.19. The molecule has 114 valence electrons. The van der Waals surface area contributed by atoms with Crippen molar-refractivity contribution in [2.45, 2.75) is 33.6 Å². The number of carbonyl (C=O) groups is 1. The molecule has 0 radical (unpaired) electrons. The molecular formula is C17H19N3OS. The molecule has 0 saturated heterocycles. The summed E-state index contributed by atoms with van der Waals surface area (Å²) in [5.74, 6) is -0.00762. The smallest absolute Gasteiger partial charge is 0.226 e. The van der Waals surface area contributed by atoms with E-state index in [4.69, 9.17) is 5.26 Å². The molecule has 0 bridgehead atoms. The summed E-state index contributed by atoms with van der Waals surface area (Å²) < 4.78 is 0. The maximum atomic E-state index is 11.9. The first kappa shape index (κ1) is 16.2. The molecule has 1 aromatic carbocycles. The van der Waals surface area contributed by atoms with Gasteiger partial charge in [-0.25, -0.2) is 4.98 Å². The van der Waals surface area contributed by atoms with Crippen LogP contribution in [0.1, 0.15) is 43.2 Å². The first-order chi connectivity index (χ1) is 10.4. The van der Waals surface area contributed by atoms with Crippen molar-refractivity contribution in [3.8, 4) is 6.07 Å². The van der Waals surface area contributed by atoms with E-state index < -0.39 is 0 Å². The third-order valence-corrected chi connectivity index (χ3v) is 3.86. The fraction of sp³-hybridized carbons (Fsp3) is 0.353. The van der Waals surface area contributed by atoms with E-state index in [0.29, 0.717) is 17.1 Å². The molecule has 2 aromatic rings. The Bertz CT molecular complexity index is 690. The summed E-state index contributed by atoms with van der Waals surface area (Å²) in [5.41, 5.74) is 1.74. The van der Waals surface area contributed by atoms with Gasteiger partial charge in [0.15, 0.2) is 5.13 Å². The zero-order valence-corrected chi connectivity index (χ0v) is 13.8. The number of hydrogen-bond acceptors (Lipinski definition) is 4. The molecule has 1 heterocycles. The van der Waals surface area contributed by atoms with Gasteiger partial charge in [0.1, 0.15) is 0 Å². The highest BCUT2D eigenvalue weighted by Crippen LogP contribution is 2.23. The molecule has 0 aliphatic heterocycles. The average Bonchev–Trinajstić information content (AvgIpc) is 2.84. The van der Waals surface area contributed by atoms with E-state index >= 15 is 0 Å². The number of nitrogens with one attached hydrogen (secondary N) is 1. The van der Waals surface area contributed by atoms with Gasteiger partial charge in [-0.2, -0.15) is 5.26 Å². The number of hydrogen-bond donors (Lipinski definition) is 1. The van der Waals surface area contributed by atoms with Gasteiger partial charge in [-0.15, -0.1) is 11.3 Å². The molecule has 1 N–H and O–H groups in total. The maximum Gasteiger partial charge on any atom is 0.226 e. The number of anilines is 1. The lowest BCUT2D eigenvalue weighted by Gasteiger charge is -2.16. The number of thiazole rings is 1. The number of nitriles is 1. The second kappa shape index (κ2) is 6.71. The molecule has 22 heavy (non-hydrogen) atoms. The molecule has 4 nitrogen and oxygen atoms in total. The summed E-state index contributed by atoms with van der Waals surface area (Å²) in [6, 6.07) is 9.60. The molecule has 2 rings (SSSR count). The normalized spacial score (nSPS) is 11.0. The van der Waals surface area contributed by atoms with E-state index in [2.05, 4.69) is 16.4 Å². The highest BCUT2D eigenvalue weighted by Gasteiger charge is 2.16. The monoisotopic (exact) mass is 313 g/mol. The zero-order chi connectivity index (χ0) is 16.2. The molecule has 0 spiro atoms. The standard InChI is InChI=1S/C17H19N3OS/c1-17(2,3)9-15(21)20-16-19-11-14(22-16)8-12-4-6-13(10-18)7-5-12/h4-7,11H,8-9H2,1-3H3,(H,19,20,21). The fourth-order valence-corrected chi connectivity index (χ4v) is 2.85. The number of amides is 1. The largest absolute Gasteiger partial charge is 0.302 e. The highest BCUT2D eigenvalue weighted by atomic mass is 32.1. The van der Waals surface area contributed by atoms with Gasteiger partial charge in [-0.1, -0.05) is 32.9 Å². The van der Waals surface area contributed by atoms with Crippen molar-refractivity contribution in [2.75, 3.05) is 5.32 Å². The molecule has 0 fully saturated rings. The molecular weight excluding hydrogens is 294 g/mol. The lowest BCUT2D eigenvalue weighted by atomic mass is 9.92. The lowest BCUT2D eigenvalue weighted by Crippen LogP contribution is -2.19. The minimum absolute atomic E-state index is 0.00762. The van der Waals surface area contributed by atoms with Crippen LogP contribution in [0.5, 0.6) is 0 Å². The summed E-state index contributed by atoms with van der Waals surface area (Å²) in [5, 5.41) is 12.3. The Morgan fingerprint density at radius 3 is 2.59 bits per heavy atom. The molecule has 0 saturated carbocycles. The second-order valence-electron chi connectivity index (χ2n) is 6.40. The van der Waals surface area contributed by atoms with Crippen LogP contribution in [0.4, 0.5) is 5.13 Å². The van der Waals surface area contributed by atoms with Crippen molar-refractivity contribution in [1.82, 2.24) is 4.98 Å². The number of carbonyl (C=O) groups excluding carboxylic acids is 1. The van der Waals surface area contributed by atoms with Gasteiger partial charge in [0.25, 0.3) is 0 Å². The number of nitrogens with zero attached hydrogens (tertiary/aromatic N) is 2. The number of benzene rings is 1. The van der Waals surface area contributed by atoms with Crippen LogP contribution in [-0.2, 0) is 11.2 Å². The maximum absolute atomic E-state index is 11.9. The highest BCUT2D eigenvalue weighted by molar-refractivity contribution is 7.15. The van der Waals surface area contributed by atoms with Crippen molar-refractivity contribution < 1.29 is 4.79 Å². The molecule has 0 unspecified atom stereocenters. The van der Waals surface area contributed by atoms with Crippen molar-refractivity contribution in [1.29, 1.82) is 5.26 Å². The first-order valence-corrected chi connectivity index (χ1v) is 7.91. The van der Waals surface area contributed by atoms with Gasteiger partial charge < -0.3 is 5.32 Å². The Kier molecular flexibility index (Phi) is 4.94. The molecule has 0 atom stereocenters. The van der Waals surface area contributed by atoms with Crippen molar-refractivity contribution in [3.05, 3.63) is 46.5 Å². The Labute approximate surface area is 134 Å². The summed E-state index contributed by atoms with van der Waals surface area (Å²) in [6.07, 6.45) is 3.01. The summed E-state index contributed by atoms with van der Waals surface area (Å²) in [4.78, 5) is 17.2. The summed E-state index contributed by atoms with van der Waals surface area (Å²) in [7, 11) is 0. The molecule has 1 amide bonds. The van der Waals surface area contributed by atoms with Gasteiger partial charge in [0.05, 0.1) is 11.6 Å². The van der Waals surface area contributed by atoms with Gasteiger partial charge in [-0.05, 0) is 23.1 Å². The summed E-state index contributed by atoms with van der Waals surface area (Å²) in [6.45, 7) is 6.10. The SMILES string of the molecule is CC(C)(C)CC(=O)Nc1ncc(Cc2ccc(C#N)cc2)s1. The molecule has 5 heteroatoms. The number of aromatic nitrogens is 1. The predicted octanol–water partition coefficient (Wildman–Crippen LogP) is 3.98. The first-order valence-electron chi connectivity index (χ1n) is 7.09. The van der Waals surface area contributed by atoms with Crippen LogP contribution >= 0.6 is 11.3 Å². The van der Waals surface area contributed by atoms with Crippen LogP contribution in [0.2, 0.25) is 0 Å². The Morgan fingerprint density at radius 1 is 1.32 bits per heavy atom. The van der Waals surface area contributed by atoms with Gasteiger partial charge in [0, 0.05) is 23.9 Å². The van der Waals surface area contributed by atoms with Crippen LogP contribution in [0.3, 0.4) is 0 Å². The van der Waals surface area contributed by atoms with Crippen LogP contribution in [-0.4, -0.2) is 10.9 Å². The van der Waals surface area contributed by atoms with Crippen molar-refractivity contribution >= 4 is 22.4 Å². The van der Waals surface area contributed by atoms with Gasteiger partial charge in [0.2, 0.25) is 5.91 Å². The van der Waals surface area contributed by atoms with Crippen molar-refractivity contribution in [3.63, 3.8) is 0 Å². The summed E-state index contributed by atoms with van der Waals surface area (Å²) >= 11 is 1.48. The molecule has 1 aromatic heterocycles. The quantitative estimate of drug-likeness (QED) is 0.928. The van der Waals surface area contributed by atoms with Crippen LogP contribution < -0.4 is 5.32 Å². The van der Waals surface area contributed by atoms with E-state index in [1.165, 1.54) is 11.3 Å². The van der Waals surface area contributed by atoms with E-state index in [1.54, 1.807) is 6.20 Å². The lowest BCUT2D eigenvalue weighted by molar-refractivity contribution is -0.117. The average molecular weight is 313 g/mol. The third-order valence-electron chi connectivity index (χ3n) is 2.95. The van der Waals surface area contributed by atoms with Gasteiger partial charge in [-0.3, -0.25) is 4.79 Å². The molecule has 0 aliphatic carbocycles. The number of rotatable bonds is 4. The van der Waals surface area contributed by atoms with E-state index in [-0.39, 0.29) is 11.3 Å². The van der Waals surface area contributed by atoms with E-state index in [1.807, 2.05) is 45.0 Å². The fourth-order valence-electron chi connectivity index (χ4n) is 1.99.